The Morgan fingerprint density at radius 3 is 2.08 bits per heavy atom. The van der Waals surface area contributed by atoms with E-state index in [1.807, 2.05) is 6.07 Å². The zero-order valence-electron chi connectivity index (χ0n) is 13.7. The number of carbonyl (C=O) groups is 2. The van der Waals surface area contributed by atoms with E-state index in [2.05, 4.69) is 0 Å². The summed E-state index contributed by atoms with van der Waals surface area (Å²) < 4.78 is 5.25. The molecule has 130 valence electrons. The van der Waals surface area contributed by atoms with Gasteiger partial charge in [0.1, 0.15) is 5.75 Å². The van der Waals surface area contributed by atoms with Crippen molar-refractivity contribution in [1.29, 1.82) is 0 Å². The van der Waals surface area contributed by atoms with Gasteiger partial charge in [-0.2, -0.15) is 0 Å². The van der Waals surface area contributed by atoms with E-state index < -0.39 is 5.97 Å². The van der Waals surface area contributed by atoms with E-state index in [1.54, 1.807) is 30.3 Å². The largest absolute Gasteiger partial charge is 0.506 e. The van der Waals surface area contributed by atoms with Crippen LogP contribution < -0.4 is 16.2 Å². The topological polar surface area (TPSA) is 116 Å². The summed E-state index contributed by atoms with van der Waals surface area (Å²) in [6.45, 7) is 0. The molecule has 5 N–H and O–H groups in total. The fourth-order valence-corrected chi connectivity index (χ4v) is 2.38. The van der Waals surface area contributed by atoms with Gasteiger partial charge in [-0.1, -0.05) is 30.3 Å². The van der Waals surface area contributed by atoms with Crippen LogP contribution in [-0.4, -0.2) is 16.9 Å². The van der Waals surface area contributed by atoms with Crippen molar-refractivity contribution in [2.24, 2.45) is 0 Å². The van der Waals surface area contributed by atoms with Gasteiger partial charge in [-0.25, -0.2) is 4.79 Å². The third-order valence-electron chi connectivity index (χ3n) is 3.77. The summed E-state index contributed by atoms with van der Waals surface area (Å²) in [6.07, 6.45) is 0. The predicted molar refractivity (Wildman–Crippen MR) is 98.2 cm³/mol. The predicted octanol–water partition coefficient (Wildman–Crippen LogP) is 3.01. The summed E-state index contributed by atoms with van der Waals surface area (Å²) in [5.41, 5.74) is 12.8. The van der Waals surface area contributed by atoms with Crippen LogP contribution in [0.1, 0.15) is 26.3 Å². The molecule has 0 saturated heterocycles. The van der Waals surface area contributed by atoms with Gasteiger partial charge in [-0.15, -0.1) is 0 Å². The number of esters is 1. The Kier molecular flexibility index (Phi) is 4.57. The average Bonchev–Trinajstić information content (AvgIpc) is 2.65. The quantitative estimate of drug-likeness (QED) is 0.219. The van der Waals surface area contributed by atoms with E-state index in [4.69, 9.17) is 16.2 Å². The van der Waals surface area contributed by atoms with Gasteiger partial charge in [-0.05, 0) is 36.4 Å². The van der Waals surface area contributed by atoms with E-state index in [9.17, 15) is 14.7 Å². The number of ketones is 1. The minimum absolute atomic E-state index is 0.0660. The molecule has 0 heterocycles. The number of ether oxygens (including phenoxy) is 1. The maximum atomic E-state index is 12.4. The van der Waals surface area contributed by atoms with Crippen molar-refractivity contribution in [2.75, 3.05) is 11.5 Å². The number of nitrogen functional groups attached to an aromatic ring is 2. The molecule has 0 saturated carbocycles. The molecular weight excluding hydrogens is 332 g/mol. The lowest BCUT2D eigenvalue weighted by molar-refractivity contribution is 0.0736. The molecule has 0 aliphatic carbocycles. The van der Waals surface area contributed by atoms with E-state index >= 15 is 0 Å². The second kappa shape index (κ2) is 6.98. The van der Waals surface area contributed by atoms with Gasteiger partial charge in [0.25, 0.3) is 0 Å². The van der Waals surface area contributed by atoms with Crippen molar-refractivity contribution in [3.8, 4) is 11.5 Å². The number of anilines is 2. The fourth-order valence-electron chi connectivity index (χ4n) is 2.38. The molecular formula is C20H16N2O4. The van der Waals surface area contributed by atoms with Crippen LogP contribution in [0, 0.1) is 0 Å². The molecule has 0 amide bonds. The highest BCUT2D eigenvalue weighted by molar-refractivity contribution is 6.09. The smallest absolute Gasteiger partial charge is 0.343 e. The van der Waals surface area contributed by atoms with Gasteiger partial charge in [0.15, 0.2) is 11.5 Å². The van der Waals surface area contributed by atoms with Crippen LogP contribution in [0.15, 0.2) is 66.7 Å². The highest BCUT2D eigenvalue weighted by Gasteiger charge is 2.15. The molecule has 0 aliphatic heterocycles. The van der Waals surface area contributed by atoms with Gasteiger partial charge in [0.05, 0.1) is 16.9 Å². The molecule has 6 nitrogen and oxygen atoms in total. The van der Waals surface area contributed by atoms with Crippen molar-refractivity contribution in [2.45, 2.75) is 0 Å². The lowest BCUT2D eigenvalue weighted by Gasteiger charge is -2.09. The first-order valence-corrected chi connectivity index (χ1v) is 7.75. The number of aromatic hydroxyl groups is 1. The number of carbonyl (C=O) groups excluding carboxylic acids is 2. The van der Waals surface area contributed by atoms with Crippen molar-refractivity contribution < 1.29 is 19.4 Å². The molecule has 0 aromatic heterocycles. The van der Waals surface area contributed by atoms with Crippen LogP contribution in [0.5, 0.6) is 11.5 Å². The molecule has 0 aliphatic rings. The molecule has 0 bridgehead atoms. The molecule has 26 heavy (non-hydrogen) atoms. The Labute approximate surface area is 149 Å². The van der Waals surface area contributed by atoms with E-state index in [-0.39, 0.29) is 34.2 Å². The maximum absolute atomic E-state index is 12.4. The Hall–Kier alpha value is -3.80. The summed E-state index contributed by atoms with van der Waals surface area (Å²) in [6, 6.07) is 17.3. The van der Waals surface area contributed by atoms with Gasteiger partial charge < -0.3 is 21.3 Å². The first-order chi connectivity index (χ1) is 12.5. The Bertz CT molecular complexity index is 984. The summed E-state index contributed by atoms with van der Waals surface area (Å²) in [5.74, 6) is -0.844. The van der Waals surface area contributed by atoms with Gasteiger partial charge in [-0.3, -0.25) is 4.79 Å². The number of nitrogens with two attached hydrogens (primary N) is 2. The van der Waals surface area contributed by atoms with Crippen molar-refractivity contribution >= 4 is 23.1 Å². The highest BCUT2D eigenvalue weighted by atomic mass is 16.5. The van der Waals surface area contributed by atoms with Crippen molar-refractivity contribution in [1.82, 2.24) is 0 Å². The lowest BCUT2D eigenvalue weighted by Crippen LogP contribution is -2.11. The Morgan fingerprint density at radius 2 is 1.42 bits per heavy atom. The van der Waals surface area contributed by atoms with E-state index in [0.29, 0.717) is 11.1 Å². The van der Waals surface area contributed by atoms with Crippen LogP contribution in [0.3, 0.4) is 0 Å². The molecule has 3 rings (SSSR count). The number of benzene rings is 3. The SMILES string of the molecule is Nc1cc(C(=O)Oc2ccc(C(=O)c3ccccc3)cc2N)ccc1O. The normalized spacial score (nSPS) is 10.3. The molecule has 0 radical (unpaired) electrons. The van der Waals surface area contributed by atoms with Crippen LogP contribution in [0.2, 0.25) is 0 Å². The van der Waals surface area contributed by atoms with E-state index in [1.165, 1.54) is 30.3 Å². The van der Waals surface area contributed by atoms with Gasteiger partial charge in [0, 0.05) is 11.1 Å². The molecule has 3 aromatic carbocycles. The van der Waals surface area contributed by atoms with Gasteiger partial charge in [0.2, 0.25) is 0 Å². The number of hydrogen-bond acceptors (Lipinski definition) is 6. The third-order valence-corrected chi connectivity index (χ3v) is 3.77. The van der Waals surface area contributed by atoms with Crippen LogP contribution in [0.4, 0.5) is 11.4 Å². The zero-order chi connectivity index (χ0) is 18.7. The fraction of sp³-hybridized carbons (Fsp3) is 0. The summed E-state index contributed by atoms with van der Waals surface area (Å²) in [7, 11) is 0. The summed E-state index contributed by atoms with van der Waals surface area (Å²) in [4.78, 5) is 24.6. The van der Waals surface area contributed by atoms with Crippen LogP contribution in [-0.2, 0) is 0 Å². The molecule has 0 unspecified atom stereocenters. The lowest BCUT2D eigenvalue weighted by atomic mass is 10.0. The number of hydrogen-bond donors (Lipinski definition) is 3. The van der Waals surface area contributed by atoms with E-state index in [0.717, 1.165) is 0 Å². The number of phenolic OH excluding ortho intramolecular Hbond substituents is 1. The number of rotatable bonds is 4. The first kappa shape index (κ1) is 17.0. The Balaban J connectivity index is 1.80. The first-order valence-electron chi connectivity index (χ1n) is 7.75. The van der Waals surface area contributed by atoms with Gasteiger partial charge >= 0.3 is 5.97 Å². The minimum atomic E-state index is -0.675. The molecule has 3 aromatic rings. The standard InChI is InChI=1S/C20H16N2O4/c21-15-11-14(6-8-17(15)23)20(25)26-18-9-7-13(10-16(18)22)19(24)12-4-2-1-3-5-12/h1-11,23H,21-22H2. The second-order valence-electron chi connectivity index (χ2n) is 5.61. The molecule has 0 spiro atoms. The molecule has 0 fully saturated rings. The number of phenols is 1. The van der Waals surface area contributed by atoms with Crippen molar-refractivity contribution in [3.63, 3.8) is 0 Å². The Morgan fingerprint density at radius 1 is 0.769 bits per heavy atom. The maximum Gasteiger partial charge on any atom is 0.343 e. The summed E-state index contributed by atoms with van der Waals surface area (Å²) >= 11 is 0. The summed E-state index contributed by atoms with van der Waals surface area (Å²) in [5, 5.41) is 9.41. The van der Waals surface area contributed by atoms with Crippen molar-refractivity contribution in [3.05, 3.63) is 83.4 Å². The van der Waals surface area contributed by atoms with Crippen LogP contribution in [0.25, 0.3) is 0 Å². The monoisotopic (exact) mass is 348 g/mol. The molecule has 0 atom stereocenters. The van der Waals surface area contributed by atoms with Crippen LogP contribution >= 0.6 is 0 Å². The second-order valence-corrected chi connectivity index (χ2v) is 5.61. The average molecular weight is 348 g/mol. The highest BCUT2D eigenvalue weighted by Crippen LogP contribution is 2.26. The minimum Gasteiger partial charge on any atom is -0.506 e. The third kappa shape index (κ3) is 3.49. The zero-order valence-corrected chi connectivity index (χ0v) is 13.7. The molecule has 6 heteroatoms.